The second kappa shape index (κ2) is 10.3. The maximum absolute atomic E-state index is 10.0. The number of nitrogens with zero attached hydrogens (tertiary/aromatic N) is 2. The summed E-state index contributed by atoms with van der Waals surface area (Å²) in [4.78, 5) is 18.9. The molecule has 0 bridgehead atoms. The van der Waals surface area contributed by atoms with Crippen LogP contribution in [0.15, 0.2) is 40.8 Å². The molecule has 4 rings (SSSR count). The van der Waals surface area contributed by atoms with E-state index in [2.05, 4.69) is 49.1 Å². The third kappa shape index (κ3) is 6.11. The number of carbonyl (C=O) groups is 1. The predicted octanol–water partition coefficient (Wildman–Crippen LogP) is 5.90. The van der Waals surface area contributed by atoms with E-state index >= 15 is 0 Å². The van der Waals surface area contributed by atoms with Crippen LogP contribution in [0.25, 0.3) is 22.2 Å². The Morgan fingerprint density at radius 1 is 1.23 bits per heavy atom. The molecule has 0 saturated carbocycles. The van der Waals surface area contributed by atoms with Crippen molar-refractivity contribution in [1.29, 1.82) is 0 Å². The zero-order chi connectivity index (χ0) is 21.9. The second-order valence-corrected chi connectivity index (χ2v) is 8.77. The van der Waals surface area contributed by atoms with Crippen molar-refractivity contribution in [2.45, 2.75) is 65.7 Å². The van der Waals surface area contributed by atoms with Gasteiger partial charge in [-0.3, -0.25) is 4.79 Å². The van der Waals surface area contributed by atoms with Crippen molar-refractivity contribution in [1.82, 2.24) is 9.97 Å². The number of aromatic nitrogens is 2. The van der Waals surface area contributed by atoms with Crippen LogP contribution in [0.2, 0.25) is 0 Å². The molecule has 0 aromatic carbocycles. The second-order valence-electron chi connectivity index (χ2n) is 8.77. The first-order valence-corrected chi connectivity index (χ1v) is 10.3. The van der Waals surface area contributed by atoms with Gasteiger partial charge >= 0.3 is 0 Å². The van der Waals surface area contributed by atoms with Crippen molar-refractivity contribution in [2.24, 2.45) is 0 Å². The zero-order valence-corrected chi connectivity index (χ0v) is 21.1. The molecule has 0 fully saturated rings. The molecule has 0 unspecified atom stereocenters. The van der Waals surface area contributed by atoms with Crippen LogP contribution in [-0.4, -0.2) is 20.9 Å². The minimum atomic E-state index is -0.125. The molecule has 0 amide bonds. The van der Waals surface area contributed by atoms with E-state index in [-0.39, 0.29) is 37.1 Å². The van der Waals surface area contributed by atoms with E-state index in [1.807, 2.05) is 12.4 Å². The first kappa shape index (κ1) is 25.0. The van der Waals surface area contributed by atoms with Gasteiger partial charge < -0.3 is 19.5 Å². The number of aliphatic hydroxyl groups is 1. The Kier molecular flexibility index (Phi) is 8.33. The molecule has 3 aromatic rings. The molecule has 3 heterocycles. The molecular formula is C25H29IrN2O3-. The number of aliphatic hydroxyl groups excluding tert-OH is 1. The van der Waals surface area contributed by atoms with E-state index < -0.39 is 0 Å². The fourth-order valence-electron chi connectivity index (χ4n) is 3.63. The molecule has 167 valence electrons. The summed E-state index contributed by atoms with van der Waals surface area (Å²) in [5.74, 6) is 1.06. The van der Waals surface area contributed by atoms with E-state index in [1.165, 1.54) is 43.9 Å². The Labute approximate surface area is 197 Å². The number of carbonyl (C=O) groups excluding carboxylic acids is 1. The number of hydrogen-bond acceptors (Lipinski definition) is 5. The standard InChI is InChI=1S/C20H21N2O.C5H8O2.Ir/c1-20(2,3)13-8-9-22-17(10-13)16-12-21-11-15-14-6-4-5-7-18(14)23-19(15)16;1-4(6)3-5(2)7;/h8-11H,4-7H2,1-3H3;3,6H,1-2H3;/q-1;;/b;4-3-;. The number of allylic oxidation sites excluding steroid dienone is 2. The van der Waals surface area contributed by atoms with Crippen molar-refractivity contribution in [2.75, 3.05) is 0 Å². The molecule has 0 aliphatic heterocycles. The van der Waals surface area contributed by atoms with Gasteiger partial charge in [0.05, 0.1) is 17.1 Å². The van der Waals surface area contributed by atoms with Crippen molar-refractivity contribution in [3.8, 4) is 11.3 Å². The van der Waals surface area contributed by atoms with Gasteiger partial charge in [-0.05, 0) is 79.2 Å². The largest absolute Gasteiger partial charge is 0.512 e. The van der Waals surface area contributed by atoms with Gasteiger partial charge in [0.25, 0.3) is 0 Å². The number of furan rings is 1. The monoisotopic (exact) mass is 598 g/mol. The molecule has 3 aromatic heterocycles. The molecule has 1 aliphatic carbocycles. The van der Waals surface area contributed by atoms with Gasteiger partial charge in [0.1, 0.15) is 0 Å². The maximum Gasteiger partial charge on any atom is 0.155 e. The fourth-order valence-corrected chi connectivity index (χ4v) is 3.63. The third-order valence-electron chi connectivity index (χ3n) is 5.10. The van der Waals surface area contributed by atoms with Gasteiger partial charge in [-0.2, -0.15) is 0 Å². The molecular weight excluding hydrogens is 569 g/mol. The molecule has 0 saturated heterocycles. The van der Waals surface area contributed by atoms with Crippen LogP contribution in [0.5, 0.6) is 0 Å². The Morgan fingerprint density at radius 2 is 1.94 bits per heavy atom. The first-order chi connectivity index (χ1) is 14.2. The number of ketones is 1. The molecule has 0 spiro atoms. The third-order valence-corrected chi connectivity index (χ3v) is 5.10. The summed E-state index contributed by atoms with van der Waals surface area (Å²) in [7, 11) is 0. The van der Waals surface area contributed by atoms with E-state index in [4.69, 9.17) is 9.52 Å². The van der Waals surface area contributed by atoms with Crippen molar-refractivity contribution in [3.63, 3.8) is 0 Å². The van der Waals surface area contributed by atoms with Crippen molar-refractivity contribution in [3.05, 3.63) is 59.4 Å². The quantitative estimate of drug-likeness (QED) is 0.226. The Bertz CT molecular complexity index is 1090. The first-order valence-electron chi connectivity index (χ1n) is 10.3. The van der Waals surface area contributed by atoms with E-state index in [9.17, 15) is 4.79 Å². The van der Waals surface area contributed by atoms with Crippen LogP contribution in [0.3, 0.4) is 0 Å². The number of pyridine rings is 2. The molecule has 1 aliphatic rings. The summed E-state index contributed by atoms with van der Waals surface area (Å²) in [5, 5.41) is 9.50. The van der Waals surface area contributed by atoms with Crippen molar-refractivity contribution >= 4 is 16.8 Å². The average molecular weight is 598 g/mol. The minimum Gasteiger partial charge on any atom is -0.512 e. The number of rotatable bonds is 2. The summed E-state index contributed by atoms with van der Waals surface area (Å²) in [5.41, 5.74) is 5.33. The summed E-state index contributed by atoms with van der Waals surface area (Å²) in [6.45, 7) is 9.47. The molecule has 6 heteroatoms. The van der Waals surface area contributed by atoms with Gasteiger partial charge in [-0.25, -0.2) is 0 Å². The summed E-state index contributed by atoms with van der Waals surface area (Å²) in [6, 6.07) is 4.21. The van der Waals surface area contributed by atoms with Gasteiger partial charge in [0.2, 0.25) is 0 Å². The zero-order valence-electron chi connectivity index (χ0n) is 18.7. The van der Waals surface area contributed by atoms with Gasteiger partial charge in [0.15, 0.2) is 5.78 Å². The normalized spacial score (nSPS) is 13.6. The van der Waals surface area contributed by atoms with Gasteiger partial charge in [-0.1, -0.05) is 32.4 Å². The Hall–Kier alpha value is -2.30. The smallest absolute Gasteiger partial charge is 0.155 e. The fraction of sp³-hybridized carbons (Fsp3) is 0.400. The van der Waals surface area contributed by atoms with Crippen LogP contribution in [-0.2, 0) is 43.2 Å². The van der Waals surface area contributed by atoms with Crippen LogP contribution in [0.4, 0.5) is 0 Å². The molecule has 31 heavy (non-hydrogen) atoms. The molecule has 1 radical (unpaired) electrons. The van der Waals surface area contributed by atoms with E-state index in [0.29, 0.717) is 0 Å². The van der Waals surface area contributed by atoms with Gasteiger partial charge in [-0.15, -0.1) is 0 Å². The minimum absolute atomic E-state index is 0. The van der Waals surface area contributed by atoms with Crippen LogP contribution < -0.4 is 0 Å². The number of aryl methyl sites for hydroxylation is 2. The van der Waals surface area contributed by atoms with E-state index in [1.54, 1.807) is 0 Å². The predicted molar refractivity (Wildman–Crippen MR) is 118 cm³/mol. The summed E-state index contributed by atoms with van der Waals surface area (Å²) < 4.78 is 6.19. The van der Waals surface area contributed by atoms with Crippen LogP contribution >= 0.6 is 0 Å². The topological polar surface area (TPSA) is 76.2 Å². The van der Waals surface area contributed by atoms with Crippen molar-refractivity contribution < 1.29 is 34.4 Å². The molecule has 5 nitrogen and oxygen atoms in total. The van der Waals surface area contributed by atoms with E-state index in [0.717, 1.165) is 40.8 Å². The Balaban J connectivity index is 0.000000373. The number of hydrogen-bond donors (Lipinski definition) is 1. The molecule has 0 atom stereocenters. The SMILES string of the molecule is CC(=O)/C=C(/C)O.CC(C)(C)c1ccnc(-c2[c-]ncc3c4c(oc23)CCCC4)c1.[Ir]. The maximum atomic E-state index is 10.0. The van der Waals surface area contributed by atoms with Gasteiger partial charge in [0, 0.05) is 38.8 Å². The summed E-state index contributed by atoms with van der Waals surface area (Å²) in [6.07, 6.45) is 12.6. The molecule has 1 N–H and O–H groups in total. The number of fused-ring (bicyclic) bond motifs is 3. The summed E-state index contributed by atoms with van der Waals surface area (Å²) >= 11 is 0. The van der Waals surface area contributed by atoms with Crippen LogP contribution in [0.1, 0.15) is 64.3 Å². The van der Waals surface area contributed by atoms with Crippen LogP contribution in [0, 0.1) is 6.20 Å². The average Bonchev–Trinajstić information content (AvgIpc) is 3.05. The Morgan fingerprint density at radius 3 is 2.55 bits per heavy atom.